The molecule has 13 heavy (non-hydrogen) atoms. The summed E-state index contributed by atoms with van der Waals surface area (Å²) in [6.45, 7) is 2.19. The second-order valence-electron chi connectivity index (χ2n) is 3.24. The largest absolute Gasteiger partial charge is 0.392 e. The molecule has 78 valence electrons. The summed E-state index contributed by atoms with van der Waals surface area (Å²) < 4.78 is 0.782. The summed E-state index contributed by atoms with van der Waals surface area (Å²) in [6.07, 6.45) is 8.51. The van der Waals surface area contributed by atoms with Gasteiger partial charge in [0.2, 0.25) is 0 Å². The summed E-state index contributed by atoms with van der Waals surface area (Å²) in [5.74, 6) is 0. The predicted octanol–water partition coefficient (Wildman–Crippen LogP) is 4.07. The van der Waals surface area contributed by atoms with Crippen LogP contribution in [0.5, 0.6) is 0 Å². The van der Waals surface area contributed by atoms with Gasteiger partial charge in [0.1, 0.15) is 0 Å². The number of aliphatic hydroxyl groups is 1. The maximum Gasteiger partial charge on any atom is 0.0639 e. The Morgan fingerprint density at radius 3 is 2.54 bits per heavy atom. The van der Waals surface area contributed by atoms with Crippen molar-refractivity contribution in [2.24, 2.45) is 0 Å². The monoisotopic (exact) mass is 408 g/mol. The van der Waals surface area contributed by atoms with Gasteiger partial charge in [-0.05, 0) is 26.2 Å². The molecular weight excluding hydrogens is 390 g/mol. The summed E-state index contributed by atoms with van der Waals surface area (Å²) in [4.78, 5) is 0. The van der Waals surface area contributed by atoms with Crippen LogP contribution in [-0.2, 0) is 0 Å². The fraction of sp³-hybridized carbons (Fsp3) is 0.800. The van der Waals surface area contributed by atoms with E-state index in [1.807, 2.05) is 6.92 Å². The van der Waals surface area contributed by atoms with E-state index in [2.05, 4.69) is 51.3 Å². The summed E-state index contributed by atoms with van der Waals surface area (Å²) in [5, 5.41) is 8.74. The number of unbranched alkanes of at least 4 members (excludes halogenated alkanes) is 3. The summed E-state index contributed by atoms with van der Waals surface area (Å²) in [5.41, 5.74) is 1.10. The highest BCUT2D eigenvalue weighted by molar-refractivity contribution is 14.2. The van der Waals surface area contributed by atoms with Crippen molar-refractivity contribution in [1.29, 1.82) is 0 Å². The normalized spacial score (nSPS) is 12.5. The second kappa shape index (κ2) is 9.71. The van der Waals surface area contributed by atoms with Gasteiger partial charge in [-0.2, -0.15) is 0 Å². The summed E-state index contributed by atoms with van der Waals surface area (Å²) >= 11 is 4.92. The molecule has 1 nitrogen and oxygen atoms in total. The number of hydrogen-bond donors (Lipinski definition) is 1. The summed E-state index contributed by atoms with van der Waals surface area (Å²) in [7, 11) is 0. The minimum Gasteiger partial charge on any atom is -0.392 e. The molecule has 0 amide bonds. The van der Waals surface area contributed by atoms with Gasteiger partial charge in [-0.15, -0.1) is 0 Å². The lowest BCUT2D eigenvalue weighted by molar-refractivity contribution is 0.331. The molecule has 0 aliphatic rings. The number of halogens is 2. The molecule has 0 aromatic carbocycles. The van der Waals surface area contributed by atoms with E-state index in [4.69, 9.17) is 5.11 Å². The number of hydrogen-bond acceptors (Lipinski definition) is 1. The van der Waals surface area contributed by atoms with Crippen molar-refractivity contribution in [1.82, 2.24) is 0 Å². The van der Waals surface area contributed by atoms with Crippen molar-refractivity contribution in [3.63, 3.8) is 0 Å². The highest BCUT2D eigenvalue weighted by Gasteiger charge is 1.96. The van der Waals surface area contributed by atoms with Crippen LogP contribution in [-0.4, -0.2) is 13.6 Å². The van der Waals surface area contributed by atoms with Crippen molar-refractivity contribution in [3.05, 3.63) is 11.6 Å². The molecule has 0 rings (SSSR count). The molecule has 0 aliphatic heterocycles. The van der Waals surface area contributed by atoms with Crippen molar-refractivity contribution in [2.75, 3.05) is 6.61 Å². The molecule has 0 heterocycles. The van der Waals surface area contributed by atoms with E-state index >= 15 is 0 Å². The van der Waals surface area contributed by atoms with E-state index in [0.717, 1.165) is 13.9 Å². The highest BCUT2D eigenvalue weighted by atomic mass is 127. The smallest absolute Gasteiger partial charge is 0.0639 e. The lowest BCUT2D eigenvalue weighted by Gasteiger charge is -2.00. The Labute approximate surface area is 109 Å². The first-order valence-electron chi connectivity index (χ1n) is 4.71. The van der Waals surface area contributed by atoms with Gasteiger partial charge in [-0.25, -0.2) is 0 Å². The maximum atomic E-state index is 8.74. The molecule has 0 spiro atoms. The lowest BCUT2D eigenvalue weighted by atomic mass is 10.1. The van der Waals surface area contributed by atoms with E-state index in [9.17, 15) is 0 Å². The van der Waals surface area contributed by atoms with Gasteiger partial charge < -0.3 is 5.11 Å². The van der Waals surface area contributed by atoms with Gasteiger partial charge in [0, 0.05) is 0 Å². The van der Waals surface area contributed by atoms with Gasteiger partial charge in [0.25, 0.3) is 0 Å². The van der Waals surface area contributed by atoms with Crippen LogP contribution in [0.1, 0.15) is 39.0 Å². The zero-order chi connectivity index (χ0) is 10.1. The van der Waals surface area contributed by atoms with Crippen LogP contribution in [0.2, 0.25) is 0 Å². The molecule has 0 saturated carbocycles. The Morgan fingerprint density at radius 1 is 1.31 bits per heavy atom. The maximum absolute atomic E-state index is 8.74. The van der Waals surface area contributed by atoms with Gasteiger partial charge in [-0.3, -0.25) is 0 Å². The topological polar surface area (TPSA) is 20.2 Å². The molecular formula is C10H18I2O. The molecule has 0 aromatic rings. The first kappa shape index (κ1) is 14.2. The number of rotatable bonds is 7. The molecule has 0 aliphatic carbocycles. The zero-order valence-corrected chi connectivity index (χ0v) is 12.4. The molecule has 0 saturated heterocycles. The highest BCUT2D eigenvalue weighted by Crippen LogP contribution is 2.18. The van der Waals surface area contributed by atoms with E-state index in [1.165, 1.54) is 25.7 Å². The van der Waals surface area contributed by atoms with Crippen LogP contribution < -0.4 is 0 Å². The van der Waals surface area contributed by atoms with Gasteiger partial charge in [-0.1, -0.05) is 69.7 Å². The van der Waals surface area contributed by atoms with Crippen LogP contribution in [0.4, 0.5) is 0 Å². The average molecular weight is 408 g/mol. The third kappa shape index (κ3) is 11.1. The Morgan fingerprint density at radius 2 is 2.00 bits per heavy atom. The molecule has 0 bridgehead atoms. The van der Waals surface area contributed by atoms with Crippen LogP contribution in [0, 0.1) is 0 Å². The van der Waals surface area contributed by atoms with Gasteiger partial charge >= 0.3 is 0 Å². The SMILES string of the molecule is C/C(=C\CCCCCC(I)I)CO. The number of aliphatic hydroxyl groups excluding tert-OH is 1. The van der Waals surface area contributed by atoms with Gasteiger partial charge in [0.05, 0.1) is 8.54 Å². The van der Waals surface area contributed by atoms with E-state index in [-0.39, 0.29) is 6.61 Å². The standard InChI is InChI=1S/C10H18I2O/c1-9(8-13)6-4-2-3-5-7-10(11)12/h6,10,13H,2-5,7-8H2,1H3/b9-6+. The number of alkyl halides is 2. The quantitative estimate of drug-likeness (QED) is 0.292. The van der Waals surface area contributed by atoms with Crippen molar-refractivity contribution in [3.8, 4) is 0 Å². The molecule has 0 aromatic heterocycles. The first-order chi connectivity index (χ1) is 6.16. The molecule has 0 radical (unpaired) electrons. The predicted molar refractivity (Wildman–Crippen MR) is 75.8 cm³/mol. The van der Waals surface area contributed by atoms with Crippen molar-refractivity contribution in [2.45, 2.75) is 41.0 Å². The third-order valence-corrected chi connectivity index (χ3v) is 3.11. The molecule has 0 atom stereocenters. The van der Waals surface area contributed by atoms with Crippen LogP contribution in [0.15, 0.2) is 11.6 Å². The number of allylic oxidation sites excluding steroid dienone is 1. The molecule has 3 heteroatoms. The molecule has 0 unspecified atom stereocenters. The first-order valence-corrected chi connectivity index (χ1v) is 7.20. The van der Waals surface area contributed by atoms with E-state index in [1.54, 1.807) is 0 Å². The van der Waals surface area contributed by atoms with Crippen LogP contribution in [0.3, 0.4) is 0 Å². The fourth-order valence-electron chi connectivity index (χ4n) is 1.03. The van der Waals surface area contributed by atoms with E-state index in [0.29, 0.717) is 0 Å². The second-order valence-corrected chi connectivity index (χ2v) is 8.63. The third-order valence-electron chi connectivity index (χ3n) is 1.87. The zero-order valence-electron chi connectivity index (χ0n) is 8.10. The Balaban J connectivity index is 3.17. The summed E-state index contributed by atoms with van der Waals surface area (Å²) in [6, 6.07) is 0. The molecule has 1 N–H and O–H groups in total. The average Bonchev–Trinajstić information content (AvgIpc) is 2.10. The van der Waals surface area contributed by atoms with Gasteiger partial charge in [0.15, 0.2) is 0 Å². The fourth-order valence-corrected chi connectivity index (χ4v) is 1.91. The minimum absolute atomic E-state index is 0.212. The molecule has 0 fully saturated rings. The Hall–Kier alpha value is 1.16. The van der Waals surface area contributed by atoms with Crippen molar-refractivity contribution < 1.29 is 5.11 Å². The van der Waals surface area contributed by atoms with Crippen LogP contribution >= 0.6 is 45.2 Å². The van der Waals surface area contributed by atoms with Crippen LogP contribution in [0.25, 0.3) is 0 Å². The Bertz CT molecular complexity index is 144. The Kier molecular flexibility index (Phi) is 10.6. The minimum atomic E-state index is 0.212. The van der Waals surface area contributed by atoms with E-state index < -0.39 is 0 Å². The van der Waals surface area contributed by atoms with Crippen molar-refractivity contribution >= 4 is 45.2 Å². The lowest BCUT2D eigenvalue weighted by Crippen LogP contribution is -1.86.